The standard InChI is InChI=1S/C15H20ClN/c1-4-6-7-8-15(17-5-2)14-11-13(16)10-9-12(14)3/h9-11,15,17H,5,7-8H2,1-3H3. The van der Waals surface area contributed by atoms with E-state index in [1.165, 1.54) is 11.1 Å². The van der Waals surface area contributed by atoms with Gasteiger partial charge in [0.05, 0.1) is 0 Å². The first-order valence-electron chi connectivity index (χ1n) is 6.08. The Morgan fingerprint density at radius 1 is 1.41 bits per heavy atom. The Kier molecular flexibility index (Phi) is 6.11. The molecule has 1 aromatic carbocycles. The van der Waals surface area contributed by atoms with Gasteiger partial charge in [0.1, 0.15) is 0 Å². The van der Waals surface area contributed by atoms with E-state index in [2.05, 4.69) is 43.1 Å². The van der Waals surface area contributed by atoms with Crippen LogP contribution in [-0.4, -0.2) is 6.54 Å². The number of nitrogens with one attached hydrogen (secondary N) is 1. The molecule has 0 aromatic heterocycles. The molecule has 0 aliphatic carbocycles. The second-order valence-corrected chi connectivity index (χ2v) is 4.51. The minimum atomic E-state index is 0.347. The van der Waals surface area contributed by atoms with Gasteiger partial charge in [-0.1, -0.05) is 24.6 Å². The fourth-order valence-electron chi connectivity index (χ4n) is 1.94. The Morgan fingerprint density at radius 2 is 2.18 bits per heavy atom. The van der Waals surface area contributed by atoms with E-state index in [1.807, 2.05) is 13.0 Å². The van der Waals surface area contributed by atoms with Crippen LogP contribution >= 0.6 is 11.6 Å². The quantitative estimate of drug-likeness (QED) is 0.775. The highest BCUT2D eigenvalue weighted by molar-refractivity contribution is 6.30. The first-order chi connectivity index (χ1) is 8.19. The molecule has 0 saturated heterocycles. The number of hydrogen-bond donors (Lipinski definition) is 1. The van der Waals surface area contributed by atoms with Gasteiger partial charge in [0.15, 0.2) is 0 Å². The van der Waals surface area contributed by atoms with E-state index >= 15 is 0 Å². The Bertz CT molecular complexity index is 415. The summed E-state index contributed by atoms with van der Waals surface area (Å²) in [6, 6.07) is 6.42. The summed E-state index contributed by atoms with van der Waals surface area (Å²) in [5.74, 6) is 6.06. The van der Waals surface area contributed by atoms with Crippen molar-refractivity contribution < 1.29 is 0 Å². The second-order valence-electron chi connectivity index (χ2n) is 4.08. The minimum absolute atomic E-state index is 0.347. The Balaban J connectivity index is 2.86. The zero-order chi connectivity index (χ0) is 12.7. The lowest BCUT2D eigenvalue weighted by atomic mass is 9.97. The molecule has 1 nitrogen and oxygen atoms in total. The Hall–Kier alpha value is -0.970. The molecule has 0 fully saturated rings. The lowest BCUT2D eigenvalue weighted by Crippen LogP contribution is -2.21. The third kappa shape index (κ3) is 4.42. The first-order valence-corrected chi connectivity index (χ1v) is 6.45. The van der Waals surface area contributed by atoms with Gasteiger partial charge >= 0.3 is 0 Å². The van der Waals surface area contributed by atoms with Gasteiger partial charge in [0.25, 0.3) is 0 Å². The normalized spacial score (nSPS) is 11.8. The summed E-state index contributed by atoms with van der Waals surface area (Å²) in [6.45, 7) is 7.09. The lowest BCUT2D eigenvalue weighted by Gasteiger charge is -2.19. The van der Waals surface area contributed by atoms with Gasteiger partial charge < -0.3 is 5.32 Å². The van der Waals surface area contributed by atoms with Gasteiger partial charge in [-0.2, -0.15) is 0 Å². The van der Waals surface area contributed by atoms with Crippen LogP contribution in [0.3, 0.4) is 0 Å². The van der Waals surface area contributed by atoms with Crippen LogP contribution < -0.4 is 5.32 Å². The Labute approximate surface area is 110 Å². The predicted molar refractivity (Wildman–Crippen MR) is 75.3 cm³/mol. The second kappa shape index (κ2) is 7.37. The van der Waals surface area contributed by atoms with Crippen molar-refractivity contribution in [3.8, 4) is 11.8 Å². The van der Waals surface area contributed by atoms with Crippen molar-refractivity contribution in [3.05, 3.63) is 34.3 Å². The molecule has 0 saturated carbocycles. The van der Waals surface area contributed by atoms with Gasteiger partial charge in [-0.3, -0.25) is 0 Å². The van der Waals surface area contributed by atoms with Crippen LogP contribution in [0.15, 0.2) is 18.2 Å². The molecule has 1 atom stereocenters. The molecule has 0 amide bonds. The highest BCUT2D eigenvalue weighted by Gasteiger charge is 2.12. The van der Waals surface area contributed by atoms with Crippen molar-refractivity contribution in [2.75, 3.05) is 6.54 Å². The molecule has 0 spiro atoms. The maximum Gasteiger partial charge on any atom is 0.0409 e. The van der Waals surface area contributed by atoms with Gasteiger partial charge in [-0.05, 0) is 50.1 Å². The van der Waals surface area contributed by atoms with E-state index in [-0.39, 0.29) is 0 Å². The fraction of sp³-hybridized carbons (Fsp3) is 0.467. The molecular formula is C15H20ClN. The summed E-state index contributed by atoms with van der Waals surface area (Å²) < 4.78 is 0. The summed E-state index contributed by atoms with van der Waals surface area (Å²) in [5.41, 5.74) is 2.57. The molecule has 2 heteroatoms. The molecule has 0 heterocycles. The SMILES string of the molecule is CC#CCCC(NCC)c1cc(Cl)ccc1C. The molecule has 1 rings (SSSR count). The third-order valence-electron chi connectivity index (χ3n) is 2.80. The maximum absolute atomic E-state index is 6.07. The number of aryl methyl sites for hydroxylation is 1. The summed E-state index contributed by atoms with van der Waals surface area (Å²) in [4.78, 5) is 0. The maximum atomic E-state index is 6.07. The van der Waals surface area contributed by atoms with Gasteiger partial charge in [-0.15, -0.1) is 11.8 Å². The van der Waals surface area contributed by atoms with Crippen LogP contribution in [0.4, 0.5) is 0 Å². The van der Waals surface area contributed by atoms with E-state index in [9.17, 15) is 0 Å². The molecular weight excluding hydrogens is 230 g/mol. The average Bonchev–Trinajstić information content (AvgIpc) is 2.32. The van der Waals surface area contributed by atoms with E-state index in [1.54, 1.807) is 0 Å². The minimum Gasteiger partial charge on any atom is -0.310 e. The molecule has 0 aliphatic heterocycles. The monoisotopic (exact) mass is 249 g/mol. The van der Waals surface area contributed by atoms with Crippen molar-refractivity contribution in [2.45, 2.75) is 39.7 Å². The van der Waals surface area contributed by atoms with E-state index < -0.39 is 0 Å². The molecule has 0 aliphatic rings. The smallest absolute Gasteiger partial charge is 0.0409 e. The summed E-state index contributed by atoms with van der Waals surface area (Å²) >= 11 is 6.07. The third-order valence-corrected chi connectivity index (χ3v) is 3.04. The Morgan fingerprint density at radius 3 is 2.82 bits per heavy atom. The van der Waals surface area contributed by atoms with E-state index in [4.69, 9.17) is 11.6 Å². The van der Waals surface area contributed by atoms with Crippen molar-refractivity contribution in [3.63, 3.8) is 0 Å². The van der Waals surface area contributed by atoms with Gasteiger partial charge in [0.2, 0.25) is 0 Å². The lowest BCUT2D eigenvalue weighted by molar-refractivity contribution is 0.520. The largest absolute Gasteiger partial charge is 0.310 e. The molecule has 1 N–H and O–H groups in total. The fourth-order valence-corrected chi connectivity index (χ4v) is 2.12. The predicted octanol–water partition coefficient (Wildman–Crippen LogP) is 4.10. The van der Waals surface area contributed by atoms with Crippen molar-refractivity contribution in [1.82, 2.24) is 5.32 Å². The van der Waals surface area contributed by atoms with Crippen LogP contribution in [-0.2, 0) is 0 Å². The number of halogens is 1. The zero-order valence-corrected chi connectivity index (χ0v) is 11.6. The number of benzene rings is 1. The van der Waals surface area contributed by atoms with Gasteiger partial charge in [-0.25, -0.2) is 0 Å². The zero-order valence-electron chi connectivity index (χ0n) is 10.8. The summed E-state index contributed by atoms with van der Waals surface area (Å²) in [6.07, 6.45) is 1.94. The van der Waals surface area contributed by atoms with Crippen molar-refractivity contribution in [2.24, 2.45) is 0 Å². The van der Waals surface area contributed by atoms with Crippen LogP contribution in [0.2, 0.25) is 5.02 Å². The van der Waals surface area contributed by atoms with Crippen molar-refractivity contribution in [1.29, 1.82) is 0 Å². The van der Waals surface area contributed by atoms with Crippen molar-refractivity contribution >= 4 is 11.6 Å². The average molecular weight is 250 g/mol. The van der Waals surface area contributed by atoms with E-state index in [0.717, 1.165) is 24.4 Å². The van der Waals surface area contributed by atoms with Crippen LogP contribution in [0.1, 0.15) is 43.9 Å². The molecule has 1 aromatic rings. The number of rotatable bonds is 5. The van der Waals surface area contributed by atoms with Gasteiger partial charge in [0, 0.05) is 17.5 Å². The van der Waals surface area contributed by atoms with E-state index in [0.29, 0.717) is 6.04 Å². The number of hydrogen-bond acceptors (Lipinski definition) is 1. The summed E-state index contributed by atoms with van der Waals surface area (Å²) in [7, 11) is 0. The highest BCUT2D eigenvalue weighted by atomic mass is 35.5. The molecule has 92 valence electrons. The van der Waals surface area contributed by atoms with Crippen LogP contribution in [0.25, 0.3) is 0 Å². The van der Waals surface area contributed by atoms with Crippen LogP contribution in [0.5, 0.6) is 0 Å². The topological polar surface area (TPSA) is 12.0 Å². The summed E-state index contributed by atoms with van der Waals surface area (Å²) in [5, 5.41) is 4.30. The highest BCUT2D eigenvalue weighted by Crippen LogP contribution is 2.25. The molecule has 17 heavy (non-hydrogen) atoms. The first kappa shape index (κ1) is 14.1. The molecule has 0 bridgehead atoms. The molecule has 1 unspecified atom stereocenters. The molecule has 0 radical (unpaired) electrons. The van der Waals surface area contributed by atoms with Crippen LogP contribution in [0, 0.1) is 18.8 Å².